The number of nitrogens with zero attached hydrogens (tertiary/aromatic N) is 3. The summed E-state index contributed by atoms with van der Waals surface area (Å²) >= 11 is 6.22. The van der Waals surface area contributed by atoms with Gasteiger partial charge in [0, 0.05) is 30.2 Å². The van der Waals surface area contributed by atoms with E-state index < -0.39 is 0 Å². The Labute approximate surface area is 145 Å². The highest BCUT2D eigenvalue weighted by atomic mass is 35.5. The van der Waals surface area contributed by atoms with E-state index in [-0.39, 0.29) is 24.4 Å². The molecule has 1 fully saturated rings. The van der Waals surface area contributed by atoms with Crippen LogP contribution in [0.1, 0.15) is 22.2 Å². The summed E-state index contributed by atoms with van der Waals surface area (Å²) in [6.07, 6.45) is -0.225. The van der Waals surface area contributed by atoms with Gasteiger partial charge in [0.1, 0.15) is 17.6 Å². The molecule has 0 radical (unpaired) electrons. The Hall–Kier alpha value is -1.76. The number of aromatic nitrogens is 2. The van der Waals surface area contributed by atoms with Crippen molar-refractivity contribution in [2.45, 2.75) is 6.10 Å². The number of ether oxygens (including phenoxy) is 1. The fraction of sp³-hybridized carbons (Fsp3) is 0.333. The summed E-state index contributed by atoms with van der Waals surface area (Å²) in [4.78, 5) is 14.4. The molecule has 3 rings (SSSR count). The van der Waals surface area contributed by atoms with Crippen molar-refractivity contribution in [1.82, 2.24) is 14.7 Å². The van der Waals surface area contributed by atoms with Crippen LogP contribution >= 0.6 is 24.0 Å². The first-order valence-corrected chi connectivity index (χ1v) is 7.39. The van der Waals surface area contributed by atoms with Gasteiger partial charge in [0.05, 0.1) is 13.2 Å². The monoisotopic (exact) mass is 356 g/mol. The maximum Gasteiger partial charge on any atom is 0.272 e. The van der Waals surface area contributed by atoms with Crippen LogP contribution in [0.2, 0.25) is 5.02 Å². The molecular weight excluding hydrogens is 339 g/mol. The molecule has 23 heavy (non-hydrogen) atoms. The maximum atomic E-state index is 12.6. The molecule has 2 aromatic rings. The molecule has 1 amide bonds. The topological polar surface area (TPSA) is 73.4 Å². The number of anilines is 1. The summed E-state index contributed by atoms with van der Waals surface area (Å²) < 4.78 is 7.27. The first-order valence-electron chi connectivity index (χ1n) is 7.01. The van der Waals surface area contributed by atoms with E-state index in [4.69, 9.17) is 22.1 Å². The lowest BCUT2D eigenvalue weighted by Crippen LogP contribution is -2.42. The largest absolute Gasteiger partial charge is 0.382 e. The molecule has 8 heteroatoms. The SMILES string of the molecule is Cl.Cn1nc(N)cc1C(=O)N1CCOC(c2ccccc2Cl)C1. The standard InChI is InChI=1S/C15H17ClN4O2.ClH/c1-19-12(8-14(17)18-19)15(21)20-6-7-22-13(9-20)10-4-2-3-5-11(10)16;/h2-5,8,13H,6-7,9H2,1H3,(H2,17,18);1H. The second-order valence-electron chi connectivity index (χ2n) is 5.21. The van der Waals surface area contributed by atoms with Gasteiger partial charge in [0.25, 0.3) is 5.91 Å². The molecule has 124 valence electrons. The van der Waals surface area contributed by atoms with E-state index in [2.05, 4.69) is 5.10 Å². The van der Waals surface area contributed by atoms with Crippen molar-refractivity contribution in [3.05, 3.63) is 46.6 Å². The first kappa shape index (κ1) is 17.6. The summed E-state index contributed by atoms with van der Waals surface area (Å²) in [6.45, 7) is 1.45. The molecule has 2 heterocycles. The summed E-state index contributed by atoms with van der Waals surface area (Å²) in [7, 11) is 1.70. The number of hydrogen-bond donors (Lipinski definition) is 1. The minimum Gasteiger partial charge on any atom is -0.382 e. The highest BCUT2D eigenvalue weighted by Crippen LogP contribution is 2.28. The lowest BCUT2D eigenvalue weighted by atomic mass is 10.1. The van der Waals surface area contributed by atoms with Crippen molar-refractivity contribution in [2.24, 2.45) is 7.05 Å². The van der Waals surface area contributed by atoms with Gasteiger partial charge < -0.3 is 15.4 Å². The Bertz CT molecular complexity index is 705. The van der Waals surface area contributed by atoms with Crippen LogP contribution in [-0.4, -0.2) is 40.3 Å². The van der Waals surface area contributed by atoms with Crippen LogP contribution in [0.3, 0.4) is 0 Å². The highest BCUT2D eigenvalue weighted by Gasteiger charge is 2.28. The second kappa shape index (κ2) is 7.21. The number of carbonyl (C=O) groups is 1. The molecule has 0 saturated carbocycles. The van der Waals surface area contributed by atoms with Crippen LogP contribution in [0.4, 0.5) is 5.82 Å². The van der Waals surface area contributed by atoms with Gasteiger partial charge in [-0.3, -0.25) is 9.48 Å². The Kier molecular flexibility index (Phi) is 5.51. The average molecular weight is 357 g/mol. The minimum atomic E-state index is -0.225. The summed E-state index contributed by atoms with van der Waals surface area (Å²) in [5.41, 5.74) is 7.00. The second-order valence-corrected chi connectivity index (χ2v) is 5.62. The predicted octanol–water partition coefficient (Wildman–Crippen LogP) is 2.29. The number of nitrogens with two attached hydrogens (primary N) is 1. The van der Waals surface area contributed by atoms with Crippen molar-refractivity contribution >= 4 is 35.7 Å². The fourth-order valence-corrected chi connectivity index (χ4v) is 2.87. The van der Waals surface area contributed by atoms with Crippen LogP contribution in [-0.2, 0) is 11.8 Å². The van der Waals surface area contributed by atoms with Gasteiger partial charge in [0.2, 0.25) is 0 Å². The van der Waals surface area contributed by atoms with Gasteiger partial charge >= 0.3 is 0 Å². The van der Waals surface area contributed by atoms with Gasteiger partial charge in [-0.05, 0) is 6.07 Å². The third kappa shape index (κ3) is 3.60. The summed E-state index contributed by atoms with van der Waals surface area (Å²) in [6, 6.07) is 9.11. The smallest absolute Gasteiger partial charge is 0.272 e. The quantitative estimate of drug-likeness (QED) is 0.895. The lowest BCUT2D eigenvalue weighted by molar-refractivity contribution is -0.0231. The van der Waals surface area contributed by atoms with Crippen LogP contribution in [0.15, 0.2) is 30.3 Å². The minimum absolute atomic E-state index is 0. The zero-order chi connectivity index (χ0) is 15.7. The molecule has 6 nitrogen and oxygen atoms in total. The maximum absolute atomic E-state index is 12.6. The molecule has 0 spiro atoms. The van der Waals surface area contributed by atoms with Crippen molar-refractivity contribution in [1.29, 1.82) is 0 Å². The zero-order valence-electron chi connectivity index (χ0n) is 12.6. The number of hydrogen-bond acceptors (Lipinski definition) is 4. The number of halogens is 2. The molecule has 0 aliphatic carbocycles. The van der Waals surface area contributed by atoms with Gasteiger partial charge in [0.15, 0.2) is 0 Å². The molecule has 1 aromatic heterocycles. The molecule has 1 aliphatic rings. The Morgan fingerprint density at radius 2 is 2.17 bits per heavy atom. The lowest BCUT2D eigenvalue weighted by Gasteiger charge is -2.33. The van der Waals surface area contributed by atoms with E-state index >= 15 is 0 Å². The van der Waals surface area contributed by atoms with Crippen LogP contribution in [0.5, 0.6) is 0 Å². The third-order valence-corrected chi connectivity index (χ3v) is 4.07. The van der Waals surface area contributed by atoms with Crippen molar-refractivity contribution in [3.63, 3.8) is 0 Å². The Morgan fingerprint density at radius 3 is 2.83 bits per heavy atom. The summed E-state index contributed by atoms with van der Waals surface area (Å²) in [5.74, 6) is 0.230. The average Bonchev–Trinajstić information content (AvgIpc) is 2.86. The molecule has 1 aliphatic heterocycles. The van der Waals surface area contributed by atoms with Gasteiger partial charge in [-0.2, -0.15) is 5.10 Å². The molecular formula is C15H18Cl2N4O2. The molecule has 1 unspecified atom stereocenters. The van der Waals surface area contributed by atoms with Crippen molar-refractivity contribution in [3.8, 4) is 0 Å². The molecule has 1 aromatic carbocycles. The molecule has 1 atom stereocenters. The Morgan fingerprint density at radius 1 is 1.43 bits per heavy atom. The summed E-state index contributed by atoms with van der Waals surface area (Å²) in [5, 5.41) is 4.66. The predicted molar refractivity (Wildman–Crippen MR) is 90.9 cm³/mol. The molecule has 1 saturated heterocycles. The first-order chi connectivity index (χ1) is 10.6. The third-order valence-electron chi connectivity index (χ3n) is 3.72. The highest BCUT2D eigenvalue weighted by molar-refractivity contribution is 6.31. The number of aryl methyl sites for hydroxylation is 1. The van der Waals surface area contributed by atoms with Crippen molar-refractivity contribution in [2.75, 3.05) is 25.4 Å². The van der Waals surface area contributed by atoms with Gasteiger partial charge in [-0.25, -0.2) is 0 Å². The number of carbonyl (C=O) groups excluding carboxylic acids is 1. The normalized spacial score (nSPS) is 17.7. The fourth-order valence-electron chi connectivity index (χ4n) is 2.61. The van der Waals surface area contributed by atoms with E-state index in [9.17, 15) is 4.79 Å². The van der Waals surface area contributed by atoms with E-state index in [1.807, 2.05) is 24.3 Å². The van der Waals surface area contributed by atoms with E-state index in [0.717, 1.165) is 5.56 Å². The van der Waals surface area contributed by atoms with E-state index in [0.29, 0.717) is 36.2 Å². The van der Waals surface area contributed by atoms with Gasteiger partial charge in [-0.15, -0.1) is 12.4 Å². The Balaban J connectivity index is 0.00000192. The number of benzene rings is 1. The number of morpholine rings is 1. The van der Waals surface area contributed by atoms with Crippen LogP contribution < -0.4 is 5.73 Å². The van der Waals surface area contributed by atoms with E-state index in [1.165, 1.54) is 4.68 Å². The van der Waals surface area contributed by atoms with Crippen molar-refractivity contribution < 1.29 is 9.53 Å². The van der Waals surface area contributed by atoms with Crippen LogP contribution in [0.25, 0.3) is 0 Å². The molecule has 2 N–H and O–H groups in total. The van der Waals surface area contributed by atoms with Crippen LogP contribution in [0, 0.1) is 0 Å². The number of rotatable bonds is 2. The number of nitrogen functional groups attached to an aromatic ring is 1. The van der Waals surface area contributed by atoms with Gasteiger partial charge in [-0.1, -0.05) is 29.8 Å². The molecule has 0 bridgehead atoms. The zero-order valence-corrected chi connectivity index (χ0v) is 14.2. The number of amides is 1. The van der Waals surface area contributed by atoms with E-state index in [1.54, 1.807) is 18.0 Å².